The van der Waals surface area contributed by atoms with Gasteiger partial charge in [-0.3, -0.25) is 4.98 Å². The van der Waals surface area contributed by atoms with E-state index < -0.39 is 0 Å². The van der Waals surface area contributed by atoms with Gasteiger partial charge in [0.1, 0.15) is 24.0 Å². The maximum atomic E-state index is 13.1. The molecule has 0 atom stereocenters. The van der Waals surface area contributed by atoms with Crippen LogP contribution in [0.15, 0.2) is 35.1 Å². The smallest absolute Gasteiger partial charge is 0.144 e. The van der Waals surface area contributed by atoms with Crippen LogP contribution >= 0.6 is 15.9 Å². The van der Waals surface area contributed by atoms with Gasteiger partial charge in [0.05, 0.1) is 18.1 Å². The van der Waals surface area contributed by atoms with Gasteiger partial charge >= 0.3 is 0 Å². The number of benzene rings is 1. The third-order valence-electron chi connectivity index (χ3n) is 2.29. The lowest BCUT2D eigenvalue weighted by Gasteiger charge is -2.07. The number of hydrogen-bond acceptors (Lipinski definition) is 4. The van der Waals surface area contributed by atoms with Crippen LogP contribution in [-0.2, 0) is 6.61 Å². The van der Waals surface area contributed by atoms with E-state index in [0.29, 0.717) is 15.9 Å². The first-order valence-corrected chi connectivity index (χ1v) is 6.60. The molecule has 19 heavy (non-hydrogen) atoms. The molecule has 0 bridgehead atoms. The largest absolute Gasteiger partial charge is 0.487 e. The molecule has 0 aliphatic rings. The van der Waals surface area contributed by atoms with Gasteiger partial charge in [-0.05, 0) is 19.1 Å². The lowest BCUT2D eigenvalue weighted by atomic mass is 10.3. The van der Waals surface area contributed by atoms with Crippen LogP contribution in [0.2, 0.25) is 0 Å². The van der Waals surface area contributed by atoms with Crippen molar-refractivity contribution in [2.75, 3.05) is 11.9 Å². The number of ether oxygens (including phenoxy) is 1. The van der Waals surface area contributed by atoms with Crippen LogP contribution in [0.25, 0.3) is 0 Å². The Morgan fingerprint density at radius 3 is 2.74 bits per heavy atom. The number of rotatable bonds is 5. The molecule has 1 N–H and O–H groups in total. The molecule has 4 nitrogen and oxygen atoms in total. The van der Waals surface area contributed by atoms with Gasteiger partial charge in [-0.25, -0.2) is 9.37 Å². The summed E-state index contributed by atoms with van der Waals surface area (Å²) >= 11 is 3.21. The molecule has 2 aromatic rings. The molecule has 0 fully saturated rings. The van der Waals surface area contributed by atoms with Crippen LogP contribution in [0, 0.1) is 5.82 Å². The molecule has 0 spiro atoms. The average molecular weight is 326 g/mol. The Morgan fingerprint density at radius 1 is 1.26 bits per heavy atom. The summed E-state index contributed by atoms with van der Waals surface area (Å²) in [7, 11) is 0. The van der Waals surface area contributed by atoms with Gasteiger partial charge in [0, 0.05) is 17.1 Å². The quantitative estimate of drug-likeness (QED) is 0.915. The van der Waals surface area contributed by atoms with E-state index >= 15 is 0 Å². The standard InChI is InChI=1S/C13H13BrFN3O/c1-2-16-13-7-17-11(6-18-13)8-19-12-4-9(14)3-10(15)5-12/h3-7H,2,8H2,1H3,(H,16,18). The zero-order valence-electron chi connectivity index (χ0n) is 10.4. The second-order valence-electron chi connectivity index (χ2n) is 3.82. The molecule has 6 heteroatoms. The van der Waals surface area contributed by atoms with Gasteiger partial charge in [-0.2, -0.15) is 0 Å². The van der Waals surface area contributed by atoms with Crippen molar-refractivity contribution in [1.82, 2.24) is 9.97 Å². The van der Waals surface area contributed by atoms with Crippen LogP contribution in [0.1, 0.15) is 12.6 Å². The Kier molecular flexibility index (Phi) is 4.68. The van der Waals surface area contributed by atoms with Crippen molar-refractivity contribution < 1.29 is 9.13 Å². The Balaban J connectivity index is 1.98. The molecule has 0 aliphatic carbocycles. The number of nitrogens with one attached hydrogen (secondary N) is 1. The molecule has 0 aliphatic heterocycles. The SMILES string of the molecule is CCNc1cnc(COc2cc(F)cc(Br)c2)cn1. The van der Waals surface area contributed by atoms with E-state index in [2.05, 4.69) is 31.2 Å². The van der Waals surface area contributed by atoms with E-state index in [1.165, 1.54) is 12.1 Å². The number of hydrogen-bond donors (Lipinski definition) is 1. The zero-order chi connectivity index (χ0) is 13.7. The minimum atomic E-state index is -0.349. The highest BCUT2D eigenvalue weighted by atomic mass is 79.9. The monoisotopic (exact) mass is 325 g/mol. The van der Waals surface area contributed by atoms with Crippen molar-refractivity contribution >= 4 is 21.7 Å². The van der Waals surface area contributed by atoms with Gasteiger partial charge < -0.3 is 10.1 Å². The summed E-state index contributed by atoms with van der Waals surface area (Å²) < 4.78 is 19.2. The van der Waals surface area contributed by atoms with Crippen LogP contribution < -0.4 is 10.1 Å². The Bertz CT molecular complexity index is 528. The minimum Gasteiger partial charge on any atom is -0.487 e. The molecule has 1 heterocycles. The van der Waals surface area contributed by atoms with E-state index in [1.54, 1.807) is 18.5 Å². The first kappa shape index (κ1) is 13.7. The number of aromatic nitrogens is 2. The van der Waals surface area contributed by atoms with Crippen LogP contribution in [0.5, 0.6) is 5.75 Å². The highest BCUT2D eigenvalue weighted by Gasteiger charge is 2.02. The fourth-order valence-corrected chi connectivity index (χ4v) is 1.92. The first-order valence-electron chi connectivity index (χ1n) is 5.81. The molecule has 1 aromatic carbocycles. The highest BCUT2D eigenvalue weighted by molar-refractivity contribution is 9.10. The highest BCUT2D eigenvalue weighted by Crippen LogP contribution is 2.21. The Hall–Kier alpha value is -1.69. The fourth-order valence-electron chi connectivity index (χ4n) is 1.47. The lowest BCUT2D eigenvalue weighted by Crippen LogP contribution is -2.03. The van der Waals surface area contributed by atoms with Gasteiger partial charge in [-0.15, -0.1) is 0 Å². The third kappa shape index (κ3) is 4.17. The molecule has 2 rings (SSSR count). The molecule has 0 amide bonds. The Morgan fingerprint density at radius 2 is 2.11 bits per heavy atom. The summed E-state index contributed by atoms with van der Waals surface area (Å²) in [6.07, 6.45) is 3.27. The van der Waals surface area contributed by atoms with Crippen molar-refractivity contribution in [3.8, 4) is 5.75 Å². The number of anilines is 1. The van der Waals surface area contributed by atoms with Crippen molar-refractivity contribution in [2.24, 2.45) is 0 Å². The minimum absolute atomic E-state index is 0.245. The van der Waals surface area contributed by atoms with Gasteiger partial charge in [0.15, 0.2) is 0 Å². The topological polar surface area (TPSA) is 47.0 Å². The van der Waals surface area contributed by atoms with Crippen LogP contribution in [0.3, 0.4) is 0 Å². The van der Waals surface area contributed by atoms with Crippen molar-refractivity contribution in [3.63, 3.8) is 0 Å². The molecule has 100 valence electrons. The Labute approximate surface area is 119 Å². The maximum absolute atomic E-state index is 13.1. The predicted molar refractivity (Wildman–Crippen MR) is 74.6 cm³/mol. The van der Waals surface area contributed by atoms with E-state index in [9.17, 15) is 4.39 Å². The molecular formula is C13H13BrFN3O. The molecule has 0 saturated carbocycles. The van der Waals surface area contributed by atoms with Crippen molar-refractivity contribution in [3.05, 3.63) is 46.6 Å². The van der Waals surface area contributed by atoms with Gasteiger partial charge in [0.2, 0.25) is 0 Å². The summed E-state index contributed by atoms with van der Waals surface area (Å²) in [4.78, 5) is 8.38. The zero-order valence-corrected chi connectivity index (χ0v) is 11.9. The van der Waals surface area contributed by atoms with E-state index in [0.717, 1.165) is 12.4 Å². The molecular weight excluding hydrogens is 313 g/mol. The van der Waals surface area contributed by atoms with E-state index in [-0.39, 0.29) is 12.4 Å². The van der Waals surface area contributed by atoms with Gasteiger partial charge in [0.25, 0.3) is 0 Å². The average Bonchev–Trinajstić information content (AvgIpc) is 2.37. The van der Waals surface area contributed by atoms with E-state index in [4.69, 9.17) is 4.74 Å². The molecule has 1 aromatic heterocycles. The van der Waals surface area contributed by atoms with E-state index in [1.807, 2.05) is 6.92 Å². The summed E-state index contributed by atoms with van der Waals surface area (Å²) in [5.74, 6) is 0.821. The summed E-state index contributed by atoms with van der Waals surface area (Å²) in [5, 5.41) is 3.05. The summed E-state index contributed by atoms with van der Waals surface area (Å²) in [6, 6.07) is 4.40. The predicted octanol–water partition coefficient (Wildman–Crippen LogP) is 3.39. The third-order valence-corrected chi connectivity index (χ3v) is 2.74. The second-order valence-corrected chi connectivity index (χ2v) is 4.73. The van der Waals surface area contributed by atoms with Gasteiger partial charge in [-0.1, -0.05) is 15.9 Å². The normalized spacial score (nSPS) is 10.3. The lowest BCUT2D eigenvalue weighted by molar-refractivity contribution is 0.299. The number of halogens is 2. The molecule has 0 saturated heterocycles. The second kappa shape index (κ2) is 6.47. The van der Waals surface area contributed by atoms with Crippen LogP contribution in [-0.4, -0.2) is 16.5 Å². The van der Waals surface area contributed by atoms with Crippen LogP contribution in [0.4, 0.5) is 10.2 Å². The maximum Gasteiger partial charge on any atom is 0.144 e. The fraction of sp³-hybridized carbons (Fsp3) is 0.231. The summed E-state index contributed by atoms with van der Waals surface area (Å²) in [6.45, 7) is 3.03. The van der Waals surface area contributed by atoms with Crippen molar-refractivity contribution in [2.45, 2.75) is 13.5 Å². The first-order chi connectivity index (χ1) is 9.17. The number of nitrogens with zero attached hydrogens (tertiary/aromatic N) is 2. The van der Waals surface area contributed by atoms with Crippen molar-refractivity contribution in [1.29, 1.82) is 0 Å². The summed E-state index contributed by atoms with van der Waals surface area (Å²) in [5.41, 5.74) is 0.682. The molecule has 0 unspecified atom stereocenters. The molecule has 0 radical (unpaired) electrons.